The van der Waals surface area contributed by atoms with Crippen molar-refractivity contribution in [2.75, 3.05) is 0 Å². The number of halogens is 1. The van der Waals surface area contributed by atoms with E-state index in [1.807, 2.05) is 30.3 Å². The lowest BCUT2D eigenvalue weighted by molar-refractivity contribution is 0.628. The van der Waals surface area contributed by atoms with Crippen LogP contribution in [0.5, 0.6) is 0 Å². The number of rotatable bonds is 2. The molecule has 0 aliphatic carbocycles. The van der Waals surface area contributed by atoms with Crippen LogP contribution in [0.4, 0.5) is 4.39 Å². The summed E-state index contributed by atoms with van der Waals surface area (Å²) in [7, 11) is 0. The number of aromatic nitrogens is 1. The molecule has 3 aromatic carbocycles. The summed E-state index contributed by atoms with van der Waals surface area (Å²) in [6.07, 6.45) is 0. The highest BCUT2D eigenvalue weighted by Crippen LogP contribution is 2.38. The molecule has 1 heterocycles. The van der Waals surface area contributed by atoms with E-state index in [0.717, 1.165) is 27.9 Å². The summed E-state index contributed by atoms with van der Waals surface area (Å²) in [6.45, 7) is 2.10. The molecule has 0 unspecified atom stereocenters. The molecule has 4 rings (SSSR count). The van der Waals surface area contributed by atoms with Gasteiger partial charge in [0.25, 0.3) is 0 Å². The zero-order valence-electron chi connectivity index (χ0n) is 12.8. The molecule has 1 N–H and O–H groups in total. The van der Waals surface area contributed by atoms with E-state index in [-0.39, 0.29) is 5.82 Å². The first-order chi connectivity index (χ1) is 11.2. The van der Waals surface area contributed by atoms with Crippen molar-refractivity contribution in [2.24, 2.45) is 0 Å². The van der Waals surface area contributed by atoms with Crippen LogP contribution in [0.25, 0.3) is 33.3 Å². The lowest BCUT2D eigenvalue weighted by Crippen LogP contribution is -1.83. The number of nitrogens with one attached hydrogen (secondary N) is 1. The van der Waals surface area contributed by atoms with Crippen LogP contribution in [0.3, 0.4) is 0 Å². The number of hydrogen-bond donors (Lipinski definition) is 1. The van der Waals surface area contributed by atoms with Crippen LogP contribution in [-0.4, -0.2) is 4.98 Å². The average Bonchev–Trinajstić information content (AvgIpc) is 2.95. The summed E-state index contributed by atoms with van der Waals surface area (Å²) >= 11 is 0. The van der Waals surface area contributed by atoms with E-state index in [1.54, 1.807) is 0 Å². The third-order valence-electron chi connectivity index (χ3n) is 4.15. The maximum absolute atomic E-state index is 13.3. The molecule has 0 bridgehead atoms. The lowest BCUT2D eigenvalue weighted by atomic mass is 9.98. The normalized spacial score (nSPS) is 11.0. The first-order valence-electron chi connectivity index (χ1n) is 7.66. The van der Waals surface area contributed by atoms with Gasteiger partial charge in [-0.15, -0.1) is 0 Å². The number of aryl methyl sites for hydroxylation is 1. The monoisotopic (exact) mass is 301 g/mol. The van der Waals surface area contributed by atoms with Crippen molar-refractivity contribution >= 4 is 10.9 Å². The highest BCUT2D eigenvalue weighted by molar-refractivity contribution is 6.04. The highest BCUT2D eigenvalue weighted by atomic mass is 19.1. The number of fused-ring (bicyclic) bond motifs is 1. The summed E-state index contributed by atoms with van der Waals surface area (Å²) in [5.41, 5.74) is 6.64. The molecule has 0 saturated heterocycles. The van der Waals surface area contributed by atoms with Crippen LogP contribution in [-0.2, 0) is 0 Å². The number of hydrogen-bond acceptors (Lipinski definition) is 0. The van der Waals surface area contributed by atoms with Crippen molar-refractivity contribution in [3.05, 3.63) is 84.2 Å². The molecular weight excluding hydrogens is 285 g/mol. The fourth-order valence-electron chi connectivity index (χ4n) is 3.04. The first kappa shape index (κ1) is 13.8. The van der Waals surface area contributed by atoms with Crippen LogP contribution in [0.1, 0.15) is 5.56 Å². The van der Waals surface area contributed by atoms with Crippen molar-refractivity contribution in [1.29, 1.82) is 0 Å². The molecule has 0 radical (unpaired) electrons. The summed E-state index contributed by atoms with van der Waals surface area (Å²) in [5.74, 6) is -0.220. The number of benzene rings is 3. The van der Waals surface area contributed by atoms with Gasteiger partial charge >= 0.3 is 0 Å². The molecule has 0 saturated carbocycles. The average molecular weight is 301 g/mol. The zero-order chi connectivity index (χ0) is 15.8. The van der Waals surface area contributed by atoms with Crippen LogP contribution in [0.2, 0.25) is 0 Å². The van der Waals surface area contributed by atoms with Gasteiger partial charge < -0.3 is 4.98 Å². The molecule has 0 aliphatic rings. The summed E-state index contributed by atoms with van der Waals surface area (Å²) in [5, 5.41) is 1.19. The summed E-state index contributed by atoms with van der Waals surface area (Å²) in [6, 6.07) is 23.3. The van der Waals surface area contributed by atoms with Crippen molar-refractivity contribution < 1.29 is 4.39 Å². The molecule has 0 atom stereocenters. The van der Waals surface area contributed by atoms with E-state index < -0.39 is 0 Å². The largest absolute Gasteiger partial charge is 0.354 e. The molecule has 0 aliphatic heterocycles. The van der Waals surface area contributed by atoms with Gasteiger partial charge in [0.1, 0.15) is 5.82 Å². The topological polar surface area (TPSA) is 15.8 Å². The Kier molecular flexibility index (Phi) is 3.23. The van der Waals surface area contributed by atoms with E-state index in [9.17, 15) is 4.39 Å². The van der Waals surface area contributed by atoms with Crippen molar-refractivity contribution in [3.8, 4) is 22.4 Å². The predicted octanol–water partition coefficient (Wildman–Crippen LogP) is 5.95. The van der Waals surface area contributed by atoms with Gasteiger partial charge in [0.15, 0.2) is 0 Å². The Labute approximate surface area is 134 Å². The highest BCUT2D eigenvalue weighted by Gasteiger charge is 2.15. The molecular formula is C21H16FN. The summed E-state index contributed by atoms with van der Waals surface area (Å²) in [4.78, 5) is 3.50. The second-order valence-electron chi connectivity index (χ2n) is 5.80. The minimum Gasteiger partial charge on any atom is -0.354 e. The Morgan fingerprint density at radius 1 is 0.783 bits per heavy atom. The smallest absolute Gasteiger partial charge is 0.123 e. The standard InChI is InChI=1S/C21H16FN/c1-14-7-12-19-18(13-14)20(15-5-3-2-4-6-15)21(23-19)16-8-10-17(22)11-9-16/h2-13,23H,1H3. The predicted molar refractivity (Wildman–Crippen MR) is 93.9 cm³/mol. The van der Waals surface area contributed by atoms with Gasteiger partial charge in [0.2, 0.25) is 0 Å². The third-order valence-corrected chi connectivity index (χ3v) is 4.15. The molecule has 112 valence electrons. The molecule has 0 spiro atoms. The third kappa shape index (κ3) is 2.42. The van der Waals surface area contributed by atoms with Crippen LogP contribution in [0.15, 0.2) is 72.8 Å². The second kappa shape index (κ2) is 5.40. The van der Waals surface area contributed by atoms with Gasteiger partial charge in [0, 0.05) is 16.5 Å². The van der Waals surface area contributed by atoms with Gasteiger partial charge in [0.05, 0.1) is 5.69 Å². The molecule has 4 aromatic rings. The van der Waals surface area contributed by atoms with Gasteiger partial charge in [-0.25, -0.2) is 4.39 Å². The Bertz CT molecular complexity index is 966. The Morgan fingerprint density at radius 2 is 1.52 bits per heavy atom. The van der Waals surface area contributed by atoms with Gasteiger partial charge in [-0.2, -0.15) is 0 Å². The fraction of sp³-hybridized carbons (Fsp3) is 0.0476. The maximum Gasteiger partial charge on any atom is 0.123 e. The van der Waals surface area contributed by atoms with Crippen molar-refractivity contribution in [1.82, 2.24) is 4.98 Å². The van der Waals surface area contributed by atoms with Crippen LogP contribution in [0, 0.1) is 12.7 Å². The first-order valence-corrected chi connectivity index (χ1v) is 7.66. The van der Waals surface area contributed by atoms with E-state index in [2.05, 4.69) is 42.2 Å². The van der Waals surface area contributed by atoms with Crippen molar-refractivity contribution in [3.63, 3.8) is 0 Å². The molecule has 0 amide bonds. The van der Waals surface area contributed by atoms with Gasteiger partial charge in [-0.05, 0) is 54.4 Å². The van der Waals surface area contributed by atoms with E-state index >= 15 is 0 Å². The van der Waals surface area contributed by atoms with E-state index in [1.165, 1.54) is 23.1 Å². The number of aromatic amines is 1. The molecule has 1 nitrogen and oxygen atoms in total. The molecule has 2 heteroatoms. The minimum absolute atomic E-state index is 0.220. The molecule has 1 aromatic heterocycles. The van der Waals surface area contributed by atoms with Gasteiger partial charge in [-0.1, -0.05) is 42.0 Å². The lowest BCUT2D eigenvalue weighted by Gasteiger charge is -2.06. The van der Waals surface area contributed by atoms with Crippen LogP contribution >= 0.6 is 0 Å². The zero-order valence-corrected chi connectivity index (χ0v) is 12.8. The van der Waals surface area contributed by atoms with E-state index in [4.69, 9.17) is 0 Å². The Balaban J connectivity index is 2.05. The maximum atomic E-state index is 13.3. The Morgan fingerprint density at radius 3 is 2.26 bits per heavy atom. The number of H-pyrrole nitrogens is 1. The Hall–Kier alpha value is -2.87. The molecule has 0 fully saturated rings. The van der Waals surface area contributed by atoms with Crippen LogP contribution < -0.4 is 0 Å². The minimum atomic E-state index is -0.220. The van der Waals surface area contributed by atoms with E-state index in [0.29, 0.717) is 0 Å². The quantitative estimate of drug-likeness (QED) is 0.471. The van der Waals surface area contributed by atoms with Crippen molar-refractivity contribution in [2.45, 2.75) is 6.92 Å². The fourth-order valence-corrected chi connectivity index (χ4v) is 3.04. The van der Waals surface area contributed by atoms with Gasteiger partial charge in [-0.3, -0.25) is 0 Å². The SMILES string of the molecule is Cc1ccc2[nH]c(-c3ccc(F)cc3)c(-c3ccccc3)c2c1. The summed E-state index contributed by atoms with van der Waals surface area (Å²) < 4.78 is 13.3. The molecule has 23 heavy (non-hydrogen) atoms. The second-order valence-corrected chi connectivity index (χ2v) is 5.80.